The minimum absolute atomic E-state index is 0.0179. The normalized spacial score (nSPS) is 31.8. The summed E-state index contributed by atoms with van der Waals surface area (Å²) < 4.78 is 0. The first-order chi connectivity index (χ1) is 6.15. The minimum atomic E-state index is -0.779. The molecule has 2 heteroatoms. The molecule has 2 nitrogen and oxygen atoms in total. The zero-order valence-corrected chi connectivity index (χ0v) is 7.70. The van der Waals surface area contributed by atoms with E-state index >= 15 is 0 Å². The summed E-state index contributed by atoms with van der Waals surface area (Å²) in [4.78, 5) is 0. The molecule has 2 atom stereocenters. The van der Waals surface area contributed by atoms with Crippen molar-refractivity contribution >= 4 is 0 Å². The van der Waals surface area contributed by atoms with Crippen LogP contribution in [0.2, 0.25) is 0 Å². The maximum Gasteiger partial charge on any atom is 0.0750 e. The van der Waals surface area contributed by atoms with Crippen LogP contribution in [0.5, 0.6) is 0 Å². The van der Waals surface area contributed by atoms with E-state index in [0.717, 1.165) is 11.1 Å². The van der Waals surface area contributed by atoms with Gasteiger partial charge in [0.15, 0.2) is 0 Å². The predicted octanol–water partition coefficient (Wildman–Crippen LogP) is 1.07. The lowest BCUT2D eigenvalue weighted by atomic mass is 9.91. The van der Waals surface area contributed by atoms with Crippen LogP contribution in [0.3, 0.4) is 0 Å². The molecule has 70 valence electrons. The SMILES string of the molecule is CC1(O)Cc2ccccc2C1CO. The molecule has 0 saturated heterocycles. The average Bonchev–Trinajstić information content (AvgIpc) is 2.33. The third-order valence-electron chi connectivity index (χ3n) is 2.91. The van der Waals surface area contributed by atoms with E-state index < -0.39 is 5.60 Å². The van der Waals surface area contributed by atoms with Crippen LogP contribution in [-0.4, -0.2) is 22.4 Å². The number of hydrogen-bond donors (Lipinski definition) is 2. The second-order valence-electron chi connectivity index (χ2n) is 3.97. The van der Waals surface area contributed by atoms with E-state index in [1.54, 1.807) is 6.92 Å². The largest absolute Gasteiger partial charge is 0.396 e. The number of benzene rings is 1. The Bertz CT molecular complexity index is 318. The van der Waals surface area contributed by atoms with Crippen molar-refractivity contribution in [3.63, 3.8) is 0 Å². The van der Waals surface area contributed by atoms with E-state index in [9.17, 15) is 10.2 Å². The van der Waals surface area contributed by atoms with Crippen LogP contribution < -0.4 is 0 Å². The second kappa shape index (κ2) is 2.82. The predicted molar refractivity (Wildman–Crippen MR) is 50.6 cm³/mol. The molecule has 0 radical (unpaired) electrons. The van der Waals surface area contributed by atoms with Gasteiger partial charge in [0, 0.05) is 12.3 Å². The molecule has 1 aliphatic carbocycles. The quantitative estimate of drug-likeness (QED) is 0.675. The van der Waals surface area contributed by atoms with Gasteiger partial charge in [-0.05, 0) is 18.1 Å². The third-order valence-corrected chi connectivity index (χ3v) is 2.91. The van der Waals surface area contributed by atoms with Gasteiger partial charge in [-0.25, -0.2) is 0 Å². The van der Waals surface area contributed by atoms with E-state index in [0.29, 0.717) is 6.42 Å². The fourth-order valence-electron chi connectivity index (χ4n) is 2.17. The maximum atomic E-state index is 10.0. The molecule has 0 fully saturated rings. The van der Waals surface area contributed by atoms with Gasteiger partial charge in [0.2, 0.25) is 0 Å². The summed E-state index contributed by atoms with van der Waals surface area (Å²) in [5.74, 6) is -0.122. The van der Waals surface area contributed by atoms with Gasteiger partial charge in [-0.15, -0.1) is 0 Å². The summed E-state index contributed by atoms with van der Waals surface area (Å²) in [7, 11) is 0. The Labute approximate surface area is 77.8 Å². The molecule has 0 heterocycles. The molecule has 0 aromatic heterocycles. The third kappa shape index (κ3) is 1.26. The molecular weight excluding hydrogens is 164 g/mol. The van der Waals surface area contributed by atoms with Crippen LogP contribution in [0.1, 0.15) is 24.0 Å². The van der Waals surface area contributed by atoms with Gasteiger partial charge in [0.25, 0.3) is 0 Å². The lowest BCUT2D eigenvalue weighted by Gasteiger charge is -2.24. The van der Waals surface area contributed by atoms with E-state index in [1.165, 1.54) is 0 Å². The lowest BCUT2D eigenvalue weighted by Crippen LogP contribution is -2.31. The molecular formula is C11H14O2. The summed E-state index contributed by atoms with van der Waals surface area (Å²) in [6.07, 6.45) is 0.647. The van der Waals surface area contributed by atoms with Crippen molar-refractivity contribution < 1.29 is 10.2 Å². The van der Waals surface area contributed by atoms with Crippen molar-refractivity contribution in [2.24, 2.45) is 0 Å². The molecule has 13 heavy (non-hydrogen) atoms. The molecule has 2 rings (SSSR count). The van der Waals surface area contributed by atoms with Crippen LogP contribution >= 0.6 is 0 Å². The van der Waals surface area contributed by atoms with Crippen LogP contribution in [0.15, 0.2) is 24.3 Å². The molecule has 0 spiro atoms. The van der Waals surface area contributed by atoms with Gasteiger partial charge in [0.05, 0.1) is 12.2 Å². The van der Waals surface area contributed by atoms with E-state index in [2.05, 4.69) is 0 Å². The summed E-state index contributed by atoms with van der Waals surface area (Å²) >= 11 is 0. The lowest BCUT2D eigenvalue weighted by molar-refractivity contribution is 0.0227. The Morgan fingerprint density at radius 3 is 2.85 bits per heavy atom. The first-order valence-corrected chi connectivity index (χ1v) is 4.56. The van der Waals surface area contributed by atoms with Gasteiger partial charge >= 0.3 is 0 Å². The van der Waals surface area contributed by atoms with E-state index in [1.807, 2.05) is 24.3 Å². The Hall–Kier alpha value is -0.860. The van der Waals surface area contributed by atoms with Gasteiger partial charge < -0.3 is 10.2 Å². The molecule has 2 N–H and O–H groups in total. The molecule has 0 aliphatic heterocycles. The molecule has 0 amide bonds. The van der Waals surface area contributed by atoms with Crippen LogP contribution in [0.25, 0.3) is 0 Å². The molecule has 1 aliphatic rings. The Kier molecular flexibility index (Phi) is 1.90. The fraction of sp³-hybridized carbons (Fsp3) is 0.455. The zero-order valence-electron chi connectivity index (χ0n) is 7.70. The minimum Gasteiger partial charge on any atom is -0.396 e. The Morgan fingerprint density at radius 1 is 1.46 bits per heavy atom. The summed E-state index contributed by atoms with van der Waals surface area (Å²) in [5, 5.41) is 19.2. The highest BCUT2D eigenvalue weighted by atomic mass is 16.3. The topological polar surface area (TPSA) is 40.5 Å². The van der Waals surface area contributed by atoms with Gasteiger partial charge in [0.1, 0.15) is 0 Å². The van der Waals surface area contributed by atoms with Crippen LogP contribution in [0, 0.1) is 0 Å². The molecule has 1 aromatic rings. The zero-order chi connectivity index (χ0) is 9.47. The van der Waals surface area contributed by atoms with E-state index in [-0.39, 0.29) is 12.5 Å². The molecule has 2 unspecified atom stereocenters. The Balaban J connectivity index is 2.46. The average molecular weight is 178 g/mol. The molecule has 0 bridgehead atoms. The van der Waals surface area contributed by atoms with Gasteiger partial charge in [-0.3, -0.25) is 0 Å². The summed E-state index contributed by atoms with van der Waals surface area (Å²) in [6, 6.07) is 7.91. The van der Waals surface area contributed by atoms with Crippen molar-refractivity contribution in [2.75, 3.05) is 6.61 Å². The molecule has 1 aromatic carbocycles. The standard InChI is InChI=1S/C11H14O2/c1-11(13)6-8-4-2-3-5-9(8)10(11)7-12/h2-5,10,12-13H,6-7H2,1H3. The number of aliphatic hydroxyl groups excluding tert-OH is 1. The highest BCUT2D eigenvalue weighted by molar-refractivity contribution is 5.39. The van der Waals surface area contributed by atoms with Crippen molar-refractivity contribution in [3.8, 4) is 0 Å². The van der Waals surface area contributed by atoms with Crippen molar-refractivity contribution in [3.05, 3.63) is 35.4 Å². The van der Waals surface area contributed by atoms with Crippen LogP contribution in [-0.2, 0) is 6.42 Å². The number of fused-ring (bicyclic) bond motifs is 1. The van der Waals surface area contributed by atoms with Crippen molar-refractivity contribution in [2.45, 2.75) is 24.9 Å². The van der Waals surface area contributed by atoms with Gasteiger partial charge in [-0.2, -0.15) is 0 Å². The summed E-state index contributed by atoms with van der Waals surface area (Å²) in [6.45, 7) is 1.80. The van der Waals surface area contributed by atoms with Crippen molar-refractivity contribution in [1.82, 2.24) is 0 Å². The van der Waals surface area contributed by atoms with E-state index in [4.69, 9.17) is 0 Å². The van der Waals surface area contributed by atoms with Crippen LogP contribution in [0.4, 0.5) is 0 Å². The van der Waals surface area contributed by atoms with Gasteiger partial charge in [-0.1, -0.05) is 24.3 Å². The summed E-state index contributed by atoms with van der Waals surface area (Å²) in [5.41, 5.74) is 1.47. The number of rotatable bonds is 1. The maximum absolute atomic E-state index is 10.0. The first kappa shape index (κ1) is 8.73. The molecule has 0 saturated carbocycles. The smallest absolute Gasteiger partial charge is 0.0750 e. The van der Waals surface area contributed by atoms with Crippen molar-refractivity contribution in [1.29, 1.82) is 0 Å². The number of aliphatic hydroxyl groups is 2. The highest BCUT2D eigenvalue weighted by Crippen LogP contribution is 2.39. The monoisotopic (exact) mass is 178 g/mol. The highest BCUT2D eigenvalue weighted by Gasteiger charge is 2.40. The fourth-order valence-corrected chi connectivity index (χ4v) is 2.17. The first-order valence-electron chi connectivity index (χ1n) is 4.56. The Morgan fingerprint density at radius 2 is 2.15 bits per heavy atom. The number of hydrogen-bond acceptors (Lipinski definition) is 2. The second-order valence-corrected chi connectivity index (χ2v) is 3.97.